The Kier molecular flexibility index (Phi) is 3.72. The van der Waals surface area contributed by atoms with Gasteiger partial charge in [-0.2, -0.15) is 10.4 Å². The van der Waals surface area contributed by atoms with Crippen LogP contribution >= 0.6 is 0 Å². The van der Waals surface area contributed by atoms with Gasteiger partial charge in [-0.05, 0) is 12.1 Å². The summed E-state index contributed by atoms with van der Waals surface area (Å²) in [5.41, 5.74) is 0.869. The number of amides is 1. The van der Waals surface area contributed by atoms with E-state index < -0.39 is 11.9 Å². The molecule has 1 amide bonds. The second-order valence-electron chi connectivity index (χ2n) is 3.82. The van der Waals surface area contributed by atoms with Crippen LogP contribution in [0, 0.1) is 11.3 Å². The van der Waals surface area contributed by atoms with E-state index >= 15 is 0 Å². The fourth-order valence-corrected chi connectivity index (χ4v) is 1.44. The molecule has 8 nitrogen and oxygen atoms in total. The van der Waals surface area contributed by atoms with Crippen LogP contribution in [0.15, 0.2) is 30.7 Å². The lowest BCUT2D eigenvalue weighted by Crippen LogP contribution is -2.13. The molecule has 0 fully saturated rings. The lowest BCUT2D eigenvalue weighted by atomic mass is 10.2. The Bertz CT molecular complexity index is 684. The summed E-state index contributed by atoms with van der Waals surface area (Å²) in [4.78, 5) is 26.2. The molecule has 2 heterocycles. The van der Waals surface area contributed by atoms with Crippen molar-refractivity contribution in [3.05, 3.63) is 42.0 Å². The van der Waals surface area contributed by atoms with Crippen molar-refractivity contribution in [1.29, 1.82) is 5.26 Å². The number of carbonyl (C=O) groups excluding carboxylic acids is 1. The molecule has 0 unspecified atom stereocenters. The van der Waals surface area contributed by atoms with Crippen LogP contribution in [-0.2, 0) is 11.3 Å². The summed E-state index contributed by atoms with van der Waals surface area (Å²) in [6.07, 6.45) is 4.03. The molecule has 0 bridgehead atoms. The molecule has 0 saturated carbocycles. The van der Waals surface area contributed by atoms with E-state index in [1.807, 2.05) is 6.07 Å². The van der Waals surface area contributed by atoms with Gasteiger partial charge in [0.15, 0.2) is 0 Å². The van der Waals surface area contributed by atoms with Crippen LogP contribution < -0.4 is 5.32 Å². The van der Waals surface area contributed by atoms with E-state index in [0.717, 1.165) is 0 Å². The molecule has 0 atom stereocenters. The Hall–Kier alpha value is -3.21. The largest absolute Gasteiger partial charge is 0.480 e. The van der Waals surface area contributed by atoms with Crippen LogP contribution in [-0.4, -0.2) is 31.7 Å². The smallest absolute Gasteiger partial charge is 0.325 e. The lowest BCUT2D eigenvalue weighted by Gasteiger charge is -2.01. The Morgan fingerprint density at radius 2 is 2.20 bits per heavy atom. The average Bonchev–Trinajstić information content (AvgIpc) is 2.85. The molecule has 2 aromatic heterocycles. The van der Waals surface area contributed by atoms with Crippen molar-refractivity contribution < 1.29 is 14.7 Å². The van der Waals surface area contributed by atoms with Gasteiger partial charge in [0.05, 0.1) is 17.4 Å². The molecule has 0 aliphatic rings. The second kappa shape index (κ2) is 5.62. The number of nitrogens with zero attached hydrogens (tertiary/aromatic N) is 4. The number of carboxylic acids is 1. The SMILES string of the molecule is N#Cc1ccc(C(=O)Nc2cnn(CC(=O)O)c2)nc1. The van der Waals surface area contributed by atoms with Gasteiger partial charge in [0.2, 0.25) is 0 Å². The zero-order valence-electron chi connectivity index (χ0n) is 10.1. The maximum Gasteiger partial charge on any atom is 0.325 e. The Balaban J connectivity index is 2.05. The summed E-state index contributed by atoms with van der Waals surface area (Å²) in [5, 5.41) is 23.5. The number of nitrogens with one attached hydrogen (secondary N) is 1. The molecule has 100 valence electrons. The fourth-order valence-electron chi connectivity index (χ4n) is 1.44. The molecule has 0 aliphatic heterocycles. The molecule has 2 aromatic rings. The quantitative estimate of drug-likeness (QED) is 0.834. The fraction of sp³-hybridized carbons (Fsp3) is 0.0833. The van der Waals surface area contributed by atoms with Crippen LogP contribution in [0.5, 0.6) is 0 Å². The first-order valence-corrected chi connectivity index (χ1v) is 5.50. The highest BCUT2D eigenvalue weighted by atomic mass is 16.4. The van der Waals surface area contributed by atoms with E-state index in [9.17, 15) is 9.59 Å². The predicted octanol–water partition coefficient (Wildman–Crippen LogP) is 0.487. The number of pyridine rings is 1. The minimum Gasteiger partial charge on any atom is -0.480 e. The molecule has 0 aromatic carbocycles. The highest BCUT2D eigenvalue weighted by Gasteiger charge is 2.09. The van der Waals surface area contributed by atoms with Crippen LogP contribution in [0.4, 0.5) is 5.69 Å². The van der Waals surface area contributed by atoms with E-state index in [1.54, 1.807) is 0 Å². The minimum absolute atomic E-state index is 0.148. The van der Waals surface area contributed by atoms with Crippen molar-refractivity contribution in [3.8, 4) is 6.07 Å². The van der Waals surface area contributed by atoms with Crippen molar-refractivity contribution in [1.82, 2.24) is 14.8 Å². The van der Waals surface area contributed by atoms with Gasteiger partial charge in [-0.3, -0.25) is 14.3 Å². The van der Waals surface area contributed by atoms with Gasteiger partial charge < -0.3 is 10.4 Å². The van der Waals surface area contributed by atoms with E-state index in [4.69, 9.17) is 10.4 Å². The number of anilines is 1. The molecule has 2 rings (SSSR count). The van der Waals surface area contributed by atoms with Crippen molar-refractivity contribution in [2.75, 3.05) is 5.32 Å². The van der Waals surface area contributed by atoms with Gasteiger partial charge >= 0.3 is 5.97 Å². The van der Waals surface area contributed by atoms with Crippen molar-refractivity contribution >= 4 is 17.6 Å². The summed E-state index contributed by atoms with van der Waals surface area (Å²) in [7, 11) is 0. The number of hydrogen-bond donors (Lipinski definition) is 2. The normalized spacial score (nSPS) is 9.75. The summed E-state index contributed by atoms with van der Waals surface area (Å²) in [6.45, 7) is -0.287. The van der Waals surface area contributed by atoms with Gasteiger partial charge in [-0.15, -0.1) is 0 Å². The van der Waals surface area contributed by atoms with Crippen LogP contribution in [0.25, 0.3) is 0 Å². The Labute approximate surface area is 113 Å². The standard InChI is InChI=1S/C12H9N5O3/c13-3-8-1-2-10(14-4-8)12(20)16-9-5-15-17(6-9)7-11(18)19/h1-2,4-6H,7H2,(H,16,20)(H,18,19). The molecule has 0 aliphatic carbocycles. The van der Waals surface area contributed by atoms with E-state index in [1.165, 1.54) is 35.4 Å². The van der Waals surface area contributed by atoms with Crippen LogP contribution in [0.3, 0.4) is 0 Å². The summed E-state index contributed by atoms with van der Waals surface area (Å²) >= 11 is 0. The topological polar surface area (TPSA) is 121 Å². The number of aromatic nitrogens is 3. The molecule has 0 spiro atoms. The minimum atomic E-state index is -1.03. The van der Waals surface area contributed by atoms with E-state index in [-0.39, 0.29) is 12.2 Å². The molecule has 2 N–H and O–H groups in total. The van der Waals surface area contributed by atoms with Crippen molar-refractivity contribution in [2.24, 2.45) is 0 Å². The third-order valence-electron chi connectivity index (χ3n) is 2.31. The van der Waals surface area contributed by atoms with Gasteiger partial charge in [0.25, 0.3) is 5.91 Å². The molecule has 8 heteroatoms. The van der Waals surface area contributed by atoms with Gasteiger partial charge in [0, 0.05) is 12.4 Å². The number of nitriles is 1. The van der Waals surface area contributed by atoms with E-state index in [0.29, 0.717) is 11.3 Å². The third kappa shape index (κ3) is 3.17. The van der Waals surface area contributed by atoms with E-state index in [2.05, 4.69) is 15.4 Å². The first-order chi connectivity index (χ1) is 9.58. The number of aliphatic carboxylic acids is 1. The summed E-state index contributed by atoms with van der Waals surface area (Å²) < 4.78 is 1.18. The summed E-state index contributed by atoms with van der Waals surface area (Å²) in [5.74, 6) is -1.50. The number of rotatable bonds is 4. The van der Waals surface area contributed by atoms with Gasteiger partial charge in [0.1, 0.15) is 18.3 Å². The number of hydrogen-bond acceptors (Lipinski definition) is 5. The van der Waals surface area contributed by atoms with Crippen LogP contribution in [0.1, 0.15) is 16.1 Å². The third-order valence-corrected chi connectivity index (χ3v) is 2.31. The lowest BCUT2D eigenvalue weighted by molar-refractivity contribution is -0.137. The highest BCUT2D eigenvalue weighted by Crippen LogP contribution is 2.07. The first-order valence-electron chi connectivity index (χ1n) is 5.50. The maximum absolute atomic E-state index is 11.8. The molecule has 0 saturated heterocycles. The summed E-state index contributed by atoms with van der Waals surface area (Å²) in [6, 6.07) is 4.81. The highest BCUT2D eigenvalue weighted by molar-refractivity contribution is 6.02. The first kappa shape index (κ1) is 13.2. The molecular formula is C12H9N5O3. The second-order valence-corrected chi connectivity index (χ2v) is 3.82. The van der Waals surface area contributed by atoms with Crippen molar-refractivity contribution in [2.45, 2.75) is 6.54 Å². The molecular weight excluding hydrogens is 262 g/mol. The molecule has 0 radical (unpaired) electrons. The average molecular weight is 271 g/mol. The zero-order chi connectivity index (χ0) is 14.5. The van der Waals surface area contributed by atoms with Crippen LogP contribution in [0.2, 0.25) is 0 Å². The monoisotopic (exact) mass is 271 g/mol. The number of carboxylic acid groups (broad SMARTS) is 1. The van der Waals surface area contributed by atoms with Gasteiger partial charge in [-0.25, -0.2) is 4.98 Å². The van der Waals surface area contributed by atoms with Gasteiger partial charge in [-0.1, -0.05) is 0 Å². The predicted molar refractivity (Wildman–Crippen MR) is 66.8 cm³/mol. The Morgan fingerprint density at radius 1 is 1.40 bits per heavy atom. The zero-order valence-corrected chi connectivity index (χ0v) is 10.1. The maximum atomic E-state index is 11.8. The van der Waals surface area contributed by atoms with Crippen molar-refractivity contribution in [3.63, 3.8) is 0 Å². The Morgan fingerprint density at radius 3 is 2.80 bits per heavy atom. The molecule has 20 heavy (non-hydrogen) atoms. The number of carbonyl (C=O) groups is 2.